The van der Waals surface area contributed by atoms with Gasteiger partial charge in [-0.15, -0.1) is 0 Å². The van der Waals surface area contributed by atoms with E-state index < -0.39 is 36.2 Å². The molecule has 1 aliphatic heterocycles. The third-order valence-corrected chi connectivity index (χ3v) is 8.55. The van der Waals surface area contributed by atoms with Crippen LogP contribution in [0.1, 0.15) is 6.42 Å². The van der Waals surface area contributed by atoms with Crippen LogP contribution in [0.3, 0.4) is 0 Å². The van der Waals surface area contributed by atoms with Gasteiger partial charge < -0.3 is 36.0 Å². The number of hydrogen-bond acceptors (Lipinski definition) is 9. The molecule has 1 aliphatic rings. The first kappa shape index (κ1) is 30.5. The number of hydrogen-bond donors (Lipinski definition) is 2. The van der Waals surface area contributed by atoms with Gasteiger partial charge in [0.25, 0.3) is 0 Å². The molecule has 0 aliphatic carbocycles. The van der Waals surface area contributed by atoms with Gasteiger partial charge in [0.05, 0.1) is 13.2 Å². The van der Waals surface area contributed by atoms with E-state index in [0.29, 0.717) is 19.3 Å². The van der Waals surface area contributed by atoms with Crippen LogP contribution in [0.5, 0.6) is 0 Å². The molecule has 0 bridgehead atoms. The van der Waals surface area contributed by atoms with Crippen molar-refractivity contribution in [2.45, 2.75) is 18.6 Å². The van der Waals surface area contributed by atoms with E-state index in [2.05, 4.69) is 6.58 Å². The summed E-state index contributed by atoms with van der Waals surface area (Å²) in [7, 11) is 4.68. The summed E-state index contributed by atoms with van der Waals surface area (Å²) < 4.78 is 64.5. The second kappa shape index (κ2) is 18.1. The summed E-state index contributed by atoms with van der Waals surface area (Å²) in [5.41, 5.74) is 1.58. The van der Waals surface area contributed by atoms with Crippen LogP contribution < -0.4 is 0 Å². The molecule has 0 spiro atoms. The molecule has 0 saturated carbocycles. The Balaban J connectivity index is 0. The van der Waals surface area contributed by atoms with Crippen LogP contribution in [0.2, 0.25) is 6.04 Å². The van der Waals surface area contributed by atoms with E-state index in [4.69, 9.17) is 46.7 Å². The molecule has 168 valence electrons. The van der Waals surface area contributed by atoms with Crippen molar-refractivity contribution in [2.24, 2.45) is 0 Å². The molecular weight excluding hydrogens is 448 g/mol. The summed E-state index contributed by atoms with van der Waals surface area (Å²) in [6.45, 7) is 5.77. The first-order valence-electron chi connectivity index (χ1n) is 8.29. The minimum atomic E-state index is -3.58. The van der Waals surface area contributed by atoms with Crippen LogP contribution in [-0.4, -0.2) is 93.6 Å². The van der Waals surface area contributed by atoms with Crippen molar-refractivity contribution in [3.63, 3.8) is 0 Å². The van der Waals surface area contributed by atoms with Gasteiger partial charge in [0.2, 0.25) is 0 Å². The zero-order chi connectivity index (χ0) is 22.1. The summed E-state index contributed by atoms with van der Waals surface area (Å²) in [6, 6.07) is 0.780. The number of ether oxygens (including phenoxy) is 2. The Morgan fingerprint density at radius 2 is 1.46 bits per heavy atom. The third kappa shape index (κ3) is 15.2. The van der Waals surface area contributed by atoms with E-state index in [1.807, 2.05) is 0 Å². The van der Waals surface area contributed by atoms with Crippen LogP contribution in [0.25, 0.3) is 0 Å². The summed E-state index contributed by atoms with van der Waals surface area (Å²) in [6.07, 6.45) is 1.22. The van der Waals surface area contributed by atoms with E-state index in [9.17, 15) is 0 Å². The number of epoxide rings is 1. The molecule has 1 unspecified atom stereocenters. The third-order valence-electron chi connectivity index (χ3n) is 3.51. The molecule has 1 atom stereocenters. The van der Waals surface area contributed by atoms with Gasteiger partial charge in [0.15, 0.2) is 0 Å². The van der Waals surface area contributed by atoms with Gasteiger partial charge in [-0.2, -0.15) is 0 Å². The van der Waals surface area contributed by atoms with E-state index >= 15 is 0 Å². The Bertz CT molecular complexity index is 384. The fourth-order valence-electron chi connectivity index (χ4n) is 1.83. The van der Waals surface area contributed by atoms with Crippen LogP contribution in [0, 0.1) is 0 Å². The van der Waals surface area contributed by atoms with Crippen LogP contribution in [-0.2, 0) is 58.0 Å². The van der Waals surface area contributed by atoms with Gasteiger partial charge in [-0.05, 0) is 12.1 Å². The second-order valence-corrected chi connectivity index (χ2v) is 11.9. The van der Waals surface area contributed by atoms with Gasteiger partial charge in [-0.1, -0.05) is 6.58 Å². The van der Waals surface area contributed by atoms with Crippen molar-refractivity contribution in [3.05, 3.63) is 12.3 Å². The fraction of sp³-hybridized carbons (Fsp3) is 0.857. The summed E-state index contributed by atoms with van der Waals surface area (Å²) in [5, 5.41) is 0. The molecule has 1 saturated heterocycles. The van der Waals surface area contributed by atoms with Gasteiger partial charge in [0, 0.05) is 55.3 Å². The predicted molar refractivity (Wildman–Crippen MR) is 98.9 cm³/mol. The zero-order valence-corrected chi connectivity index (χ0v) is 21.0. The Kier molecular flexibility index (Phi) is 19.7. The van der Waals surface area contributed by atoms with E-state index in [1.54, 1.807) is 48.4 Å². The maximum absolute atomic E-state index is 8.81. The average molecular weight is 482 g/mol. The molecule has 11 nitrogen and oxygen atoms in total. The molecule has 2 N–H and O–H groups in total. The van der Waals surface area contributed by atoms with Crippen molar-refractivity contribution >= 4 is 17.6 Å². The van der Waals surface area contributed by atoms with Gasteiger partial charge in [-0.3, -0.25) is 0 Å². The average Bonchev–Trinajstić information content (AvgIpc) is 3.52. The molecule has 1 fully saturated rings. The van der Waals surface area contributed by atoms with E-state index in [-0.39, 0.29) is 0 Å². The Morgan fingerprint density at radius 1 is 1.04 bits per heavy atom. The summed E-state index contributed by atoms with van der Waals surface area (Å²) in [4.78, 5) is 0. The molecular formula is C14H34O11Si2Ti. The molecule has 0 aromatic carbocycles. The summed E-state index contributed by atoms with van der Waals surface area (Å²) >= 11 is -3.58. The second-order valence-electron chi connectivity index (χ2n) is 5.13. The molecule has 1 heterocycles. The fourth-order valence-corrected chi connectivity index (χ4v) is 4.52. The van der Waals surface area contributed by atoms with Crippen LogP contribution in [0.15, 0.2) is 12.3 Å². The quantitative estimate of drug-likeness (QED) is 0.209. The zero-order valence-electron chi connectivity index (χ0n) is 17.5. The molecule has 0 amide bonds. The van der Waals surface area contributed by atoms with Crippen molar-refractivity contribution < 1.29 is 65.3 Å². The standard InChI is InChI=1S/C9H20O5Si.C5H12O3Si.2H2O.O.Ti/c1-10-15(11-2,12-3)6-4-5-13-7-9-8-14-9;1-5-9(6-2,7-3)8-4;;;;/h9H,4-8H2,1-3H3;5H,1H2,2-4H3;2*1H2;;/q;;;;;+2/p-2. The van der Waals surface area contributed by atoms with Crippen LogP contribution in [0.4, 0.5) is 0 Å². The molecule has 0 aromatic heterocycles. The molecule has 28 heavy (non-hydrogen) atoms. The van der Waals surface area contributed by atoms with Gasteiger partial charge >= 0.3 is 46.9 Å². The Hall–Kier alpha value is 0.288. The van der Waals surface area contributed by atoms with Crippen molar-refractivity contribution in [1.82, 2.24) is 0 Å². The van der Waals surface area contributed by atoms with Crippen molar-refractivity contribution in [3.8, 4) is 0 Å². The Morgan fingerprint density at radius 3 is 1.71 bits per heavy atom. The number of rotatable bonds is 13. The van der Waals surface area contributed by atoms with Crippen molar-refractivity contribution in [1.29, 1.82) is 0 Å². The molecule has 0 aromatic rings. The molecule has 14 heteroatoms. The first-order chi connectivity index (χ1) is 13.2. The molecule has 0 radical (unpaired) electrons. The van der Waals surface area contributed by atoms with Gasteiger partial charge in [0.1, 0.15) is 6.10 Å². The predicted octanol–water partition coefficient (Wildman–Crippen LogP) is 0.0244. The normalized spacial score (nSPS) is 15.6. The van der Waals surface area contributed by atoms with E-state index in [1.165, 1.54) is 0 Å². The summed E-state index contributed by atoms with van der Waals surface area (Å²) in [5.74, 6) is 0. The Labute approximate surface area is 176 Å². The van der Waals surface area contributed by atoms with Crippen molar-refractivity contribution in [2.75, 3.05) is 62.5 Å². The topological polar surface area (TPSA) is 135 Å². The van der Waals surface area contributed by atoms with E-state index in [0.717, 1.165) is 19.1 Å². The minimum absolute atomic E-state index is 0.333. The molecule has 1 rings (SSSR count). The maximum atomic E-state index is 8.81. The SMILES string of the molecule is C=C[Si](OC)(OC)OC.CO[Si](CCCOCC1CO1)(OC)OC.[O]=[Ti]([OH])[OH]. The monoisotopic (exact) mass is 482 g/mol. The first-order valence-corrected chi connectivity index (χ1v) is 14.1. The van der Waals surface area contributed by atoms with Crippen LogP contribution >= 0.6 is 0 Å². The van der Waals surface area contributed by atoms with Gasteiger partial charge in [-0.25, -0.2) is 0 Å².